The number of fused-ring (bicyclic) bond motifs is 2. The summed E-state index contributed by atoms with van der Waals surface area (Å²) < 4.78 is 11.3. The maximum absolute atomic E-state index is 11.2. The van der Waals surface area contributed by atoms with E-state index in [1.807, 2.05) is 13.0 Å². The van der Waals surface area contributed by atoms with Crippen molar-refractivity contribution in [3.63, 3.8) is 0 Å². The van der Waals surface area contributed by atoms with E-state index in [1.165, 1.54) is 0 Å². The molecule has 1 aromatic heterocycles. The van der Waals surface area contributed by atoms with Crippen LogP contribution in [0.2, 0.25) is 0 Å². The molecule has 4 heteroatoms. The molecule has 3 aliphatic rings. The summed E-state index contributed by atoms with van der Waals surface area (Å²) in [7, 11) is 0. The van der Waals surface area contributed by atoms with Gasteiger partial charge in [0.1, 0.15) is 12.0 Å². The van der Waals surface area contributed by atoms with Crippen molar-refractivity contribution in [2.75, 3.05) is 6.61 Å². The number of aliphatic hydroxyl groups is 2. The summed E-state index contributed by atoms with van der Waals surface area (Å²) in [6.07, 6.45) is 8.59. The minimum Gasteiger partial charge on any atom is -0.492 e. The minimum atomic E-state index is -1.06. The van der Waals surface area contributed by atoms with Gasteiger partial charge < -0.3 is 19.4 Å². The second-order valence-electron chi connectivity index (χ2n) is 8.57. The predicted octanol–water partition coefficient (Wildman–Crippen LogP) is 3.60. The van der Waals surface area contributed by atoms with Crippen molar-refractivity contribution in [1.82, 2.24) is 0 Å². The Morgan fingerprint density at radius 2 is 2.00 bits per heavy atom. The normalized spacial score (nSPS) is 48.0. The maximum Gasteiger partial charge on any atom is 0.126 e. The van der Waals surface area contributed by atoms with Crippen molar-refractivity contribution in [2.45, 2.75) is 58.2 Å². The van der Waals surface area contributed by atoms with E-state index >= 15 is 0 Å². The Kier molecular flexibility index (Phi) is 3.46. The molecule has 0 aromatic carbocycles. The molecule has 0 amide bonds. The Hall–Kier alpha value is -1.26. The molecule has 6 atom stereocenters. The number of hydrogen-bond donors (Lipinski definition) is 2. The molecule has 24 heavy (non-hydrogen) atoms. The van der Waals surface area contributed by atoms with Crippen LogP contribution in [0.4, 0.5) is 0 Å². The molecular formula is C20H28O4. The maximum atomic E-state index is 11.2. The van der Waals surface area contributed by atoms with Crippen molar-refractivity contribution in [1.29, 1.82) is 0 Å². The highest BCUT2D eigenvalue weighted by atomic mass is 16.5. The van der Waals surface area contributed by atoms with E-state index in [4.69, 9.17) is 9.15 Å². The summed E-state index contributed by atoms with van der Waals surface area (Å²) in [6, 6.07) is 1.93. The molecule has 132 valence electrons. The fourth-order valence-corrected chi connectivity index (χ4v) is 5.66. The van der Waals surface area contributed by atoms with E-state index in [0.29, 0.717) is 24.9 Å². The molecule has 0 radical (unpaired) electrons. The van der Waals surface area contributed by atoms with Crippen LogP contribution in [0.5, 0.6) is 0 Å². The fourth-order valence-electron chi connectivity index (χ4n) is 5.66. The molecule has 4 nitrogen and oxygen atoms in total. The summed E-state index contributed by atoms with van der Waals surface area (Å²) in [5.74, 6) is 1.69. The third-order valence-electron chi connectivity index (χ3n) is 7.65. The lowest BCUT2D eigenvalue weighted by atomic mass is 9.44. The lowest BCUT2D eigenvalue weighted by molar-refractivity contribution is -0.230. The number of aliphatic hydroxyl groups excluding tert-OH is 1. The van der Waals surface area contributed by atoms with Gasteiger partial charge in [0.15, 0.2) is 0 Å². The molecule has 2 aliphatic carbocycles. The van der Waals surface area contributed by atoms with Crippen molar-refractivity contribution in [3.8, 4) is 0 Å². The molecule has 0 unspecified atom stereocenters. The van der Waals surface area contributed by atoms with Crippen molar-refractivity contribution in [3.05, 3.63) is 30.2 Å². The molecule has 0 bridgehead atoms. The molecule has 1 aliphatic heterocycles. The van der Waals surface area contributed by atoms with Crippen LogP contribution >= 0.6 is 0 Å². The highest BCUT2D eigenvalue weighted by molar-refractivity contribution is 5.61. The largest absolute Gasteiger partial charge is 0.492 e. The van der Waals surface area contributed by atoms with Gasteiger partial charge in [-0.2, -0.15) is 0 Å². The number of furan rings is 1. The van der Waals surface area contributed by atoms with Crippen molar-refractivity contribution < 1.29 is 19.4 Å². The van der Waals surface area contributed by atoms with Crippen LogP contribution in [-0.4, -0.2) is 28.5 Å². The lowest BCUT2D eigenvalue weighted by Gasteiger charge is -2.62. The average Bonchev–Trinajstić information content (AvgIpc) is 3.20. The summed E-state index contributed by atoms with van der Waals surface area (Å²) in [5, 5.41) is 21.6. The monoisotopic (exact) mass is 332 g/mol. The average molecular weight is 332 g/mol. The molecule has 4 rings (SSSR count). The molecule has 0 saturated heterocycles. The number of hydrogen-bond acceptors (Lipinski definition) is 4. The van der Waals surface area contributed by atoms with Crippen molar-refractivity contribution >= 4 is 5.76 Å². The summed E-state index contributed by atoms with van der Waals surface area (Å²) in [4.78, 5) is 0. The Morgan fingerprint density at radius 1 is 1.21 bits per heavy atom. The second kappa shape index (κ2) is 5.12. The first kappa shape index (κ1) is 16.2. The van der Waals surface area contributed by atoms with Crippen LogP contribution in [0, 0.1) is 22.7 Å². The number of ether oxygens (including phenoxy) is 1. The highest BCUT2D eigenvalue weighted by Crippen LogP contribution is 2.65. The van der Waals surface area contributed by atoms with Gasteiger partial charge in [-0.1, -0.05) is 13.8 Å². The third kappa shape index (κ3) is 1.93. The van der Waals surface area contributed by atoms with E-state index in [-0.39, 0.29) is 10.8 Å². The van der Waals surface area contributed by atoms with Gasteiger partial charge in [-0.3, -0.25) is 0 Å². The molecule has 1 aromatic rings. The topological polar surface area (TPSA) is 62.8 Å². The van der Waals surface area contributed by atoms with Crippen LogP contribution in [0.15, 0.2) is 29.1 Å². The molecule has 2 saturated carbocycles. The first-order valence-corrected chi connectivity index (χ1v) is 9.10. The van der Waals surface area contributed by atoms with Gasteiger partial charge in [0.05, 0.1) is 30.1 Å². The summed E-state index contributed by atoms with van der Waals surface area (Å²) >= 11 is 0. The standard InChI is InChI=1S/C20H28O4/c1-13-6-8-18(2)16(4-5-17(21)19(18,3)22)20(13)10-15(24-12-20)14-7-9-23-11-14/h7,9-11,13,16-17,21-22H,4-6,8,12H2,1-3H3/t13-,16+,17-,18-,19+,20-/m1/s1. The van der Waals surface area contributed by atoms with E-state index in [0.717, 1.165) is 30.6 Å². The molecule has 2 fully saturated rings. The first-order chi connectivity index (χ1) is 11.3. The van der Waals surface area contributed by atoms with Gasteiger partial charge in [0.25, 0.3) is 0 Å². The lowest BCUT2D eigenvalue weighted by Crippen LogP contribution is -2.65. The van der Waals surface area contributed by atoms with Gasteiger partial charge in [-0.25, -0.2) is 0 Å². The van der Waals surface area contributed by atoms with E-state index in [2.05, 4.69) is 19.9 Å². The third-order valence-corrected chi connectivity index (χ3v) is 7.65. The molecular weight excluding hydrogens is 304 g/mol. The van der Waals surface area contributed by atoms with Gasteiger partial charge in [-0.15, -0.1) is 0 Å². The Labute approximate surface area is 143 Å². The van der Waals surface area contributed by atoms with E-state index < -0.39 is 11.7 Å². The van der Waals surface area contributed by atoms with Crippen LogP contribution in [-0.2, 0) is 4.74 Å². The molecule has 2 heterocycles. The van der Waals surface area contributed by atoms with E-state index in [9.17, 15) is 10.2 Å². The number of rotatable bonds is 1. The quantitative estimate of drug-likeness (QED) is 0.825. The first-order valence-electron chi connectivity index (χ1n) is 9.10. The van der Waals surface area contributed by atoms with Gasteiger partial charge >= 0.3 is 0 Å². The molecule has 2 N–H and O–H groups in total. The van der Waals surface area contributed by atoms with E-state index in [1.54, 1.807) is 12.5 Å². The van der Waals surface area contributed by atoms with Gasteiger partial charge in [0, 0.05) is 10.8 Å². The summed E-state index contributed by atoms with van der Waals surface area (Å²) in [6.45, 7) is 6.94. The zero-order valence-corrected chi connectivity index (χ0v) is 14.8. The highest BCUT2D eigenvalue weighted by Gasteiger charge is 2.64. The molecule has 1 spiro atoms. The van der Waals surface area contributed by atoms with Crippen LogP contribution in [0.3, 0.4) is 0 Å². The zero-order valence-electron chi connectivity index (χ0n) is 14.8. The van der Waals surface area contributed by atoms with Crippen LogP contribution in [0.25, 0.3) is 5.76 Å². The smallest absolute Gasteiger partial charge is 0.126 e. The van der Waals surface area contributed by atoms with Gasteiger partial charge in [-0.05, 0) is 56.6 Å². The van der Waals surface area contributed by atoms with Gasteiger partial charge in [0.2, 0.25) is 0 Å². The fraction of sp³-hybridized carbons (Fsp3) is 0.700. The SMILES string of the molecule is C[C@@H]1CC[C@]2(C)[C@H](CC[C@@H](O)[C@]2(C)O)[C@@]12C=C(c1ccoc1)OC2. The Balaban J connectivity index is 1.78. The predicted molar refractivity (Wildman–Crippen MR) is 90.9 cm³/mol. The van der Waals surface area contributed by atoms with Crippen LogP contribution in [0.1, 0.15) is 52.0 Å². The minimum absolute atomic E-state index is 0.0796. The Morgan fingerprint density at radius 3 is 2.71 bits per heavy atom. The second-order valence-corrected chi connectivity index (χ2v) is 8.57. The van der Waals surface area contributed by atoms with Crippen molar-refractivity contribution in [2.24, 2.45) is 22.7 Å². The van der Waals surface area contributed by atoms with Crippen LogP contribution < -0.4 is 0 Å². The Bertz CT molecular complexity index is 647. The summed E-state index contributed by atoms with van der Waals surface area (Å²) in [5.41, 5.74) is -0.462. The zero-order chi connectivity index (χ0) is 17.2.